The van der Waals surface area contributed by atoms with Gasteiger partial charge < -0.3 is 10.4 Å². The maximum absolute atomic E-state index is 13.5. The van der Waals surface area contributed by atoms with E-state index < -0.39 is 0 Å². The quantitative estimate of drug-likeness (QED) is 0.869. The lowest BCUT2D eigenvalue weighted by Crippen LogP contribution is -2.45. The predicted octanol–water partition coefficient (Wildman–Crippen LogP) is 4.12. The number of benzene rings is 1. The average molecular weight is 279 g/mol. The Balaban J connectivity index is 2.09. The van der Waals surface area contributed by atoms with Crippen LogP contribution in [0.1, 0.15) is 45.1 Å². The summed E-state index contributed by atoms with van der Waals surface area (Å²) in [6.07, 6.45) is 4.14. The van der Waals surface area contributed by atoms with Crippen molar-refractivity contribution in [1.82, 2.24) is 0 Å². The molecule has 0 heterocycles. The highest BCUT2D eigenvalue weighted by Crippen LogP contribution is 2.37. The largest absolute Gasteiger partial charge is 0.394 e. The molecule has 1 aromatic carbocycles. The Hall–Kier alpha value is -1.09. The number of aliphatic hydroxyl groups is 1. The van der Waals surface area contributed by atoms with Gasteiger partial charge in [-0.3, -0.25) is 0 Å². The first-order valence-electron chi connectivity index (χ1n) is 7.60. The molecule has 0 radical (unpaired) electrons. The van der Waals surface area contributed by atoms with Crippen molar-refractivity contribution in [3.63, 3.8) is 0 Å². The molecule has 0 atom stereocenters. The summed E-state index contributed by atoms with van der Waals surface area (Å²) in [5.41, 5.74) is 1.39. The van der Waals surface area contributed by atoms with E-state index in [0.717, 1.165) is 42.9 Å². The van der Waals surface area contributed by atoms with Crippen molar-refractivity contribution >= 4 is 5.69 Å². The van der Waals surface area contributed by atoms with Crippen LogP contribution in [0.25, 0.3) is 0 Å². The first-order valence-corrected chi connectivity index (χ1v) is 7.60. The summed E-state index contributed by atoms with van der Waals surface area (Å²) in [7, 11) is 0. The molecule has 1 saturated carbocycles. The standard InChI is InChI=1S/C17H26FNO/c1-12(2)14-4-6-17(11-20,7-5-14)19-16-9-13(3)8-15(18)10-16/h8-10,12,14,19-20H,4-7,11H2,1-3H3. The van der Waals surface area contributed by atoms with Crippen LogP contribution in [-0.2, 0) is 0 Å². The van der Waals surface area contributed by atoms with Crippen molar-refractivity contribution in [3.8, 4) is 0 Å². The van der Waals surface area contributed by atoms with Gasteiger partial charge in [-0.1, -0.05) is 13.8 Å². The third-order valence-electron chi connectivity index (χ3n) is 4.68. The number of anilines is 1. The number of aryl methyl sites for hydroxylation is 1. The minimum atomic E-state index is -0.286. The van der Waals surface area contributed by atoms with E-state index in [-0.39, 0.29) is 18.0 Å². The topological polar surface area (TPSA) is 32.3 Å². The Labute approximate surface area is 121 Å². The minimum absolute atomic E-state index is 0.105. The minimum Gasteiger partial charge on any atom is -0.394 e. The highest BCUT2D eigenvalue weighted by atomic mass is 19.1. The van der Waals surface area contributed by atoms with Gasteiger partial charge in [0, 0.05) is 5.69 Å². The molecule has 20 heavy (non-hydrogen) atoms. The Morgan fingerprint density at radius 1 is 1.30 bits per heavy atom. The van der Waals surface area contributed by atoms with Crippen LogP contribution >= 0.6 is 0 Å². The van der Waals surface area contributed by atoms with E-state index >= 15 is 0 Å². The molecule has 1 aliphatic rings. The van der Waals surface area contributed by atoms with E-state index in [1.165, 1.54) is 12.1 Å². The number of hydrogen-bond donors (Lipinski definition) is 2. The van der Waals surface area contributed by atoms with Gasteiger partial charge in [0.1, 0.15) is 5.82 Å². The zero-order chi connectivity index (χ0) is 14.8. The summed E-state index contributed by atoms with van der Waals surface area (Å²) < 4.78 is 13.5. The Kier molecular flexibility index (Phi) is 4.69. The third-order valence-corrected chi connectivity index (χ3v) is 4.68. The van der Waals surface area contributed by atoms with E-state index in [0.29, 0.717) is 5.92 Å². The molecule has 0 unspecified atom stereocenters. The van der Waals surface area contributed by atoms with E-state index in [1.54, 1.807) is 0 Å². The number of aliphatic hydroxyl groups excluding tert-OH is 1. The van der Waals surface area contributed by atoms with Gasteiger partial charge in [-0.2, -0.15) is 0 Å². The van der Waals surface area contributed by atoms with Crippen LogP contribution in [0, 0.1) is 24.6 Å². The second kappa shape index (κ2) is 6.13. The van der Waals surface area contributed by atoms with Crippen molar-refractivity contribution < 1.29 is 9.50 Å². The summed E-state index contributed by atoms with van der Waals surface area (Å²) in [4.78, 5) is 0. The second-order valence-electron chi connectivity index (χ2n) is 6.66. The third kappa shape index (κ3) is 3.51. The van der Waals surface area contributed by atoms with Gasteiger partial charge >= 0.3 is 0 Å². The van der Waals surface area contributed by atoms with Gasteiger partial charge in [-0.05, 0) is 68.2 Å². The molecule has 2 rings (SSSR count). The molecule has 3 heteroatoms. The molecule has 112 valence electrons. The molecule has 2 N–H and O–H groups in total. The Morgan fingerprint density at radius 2 is 1.95 bits per heavy atom. The van der Waals surface area contributed by atoms with Gasteiger partial charge in [0.05, 0.1) is 12.1 Å². The van der Waals surface area contributed by atoms with Gasteiger partial charge in [0.25, 0.3) is 0 Å². The molecular formula is C17H26FNO. The highest BCUT2D eigenvalue weighted by molar-refractivity contribution is 5.48. The lowest BCUT2D eigenvalue weighted by molar-refractivity contribution is 0.136. The summed E-state index contributed by atoms with van der Waals surface area (Å²) in [6.45, 7) is 6.52. The van der Waals surface area contributed by atoms with Crippen molar-refractivity contribution in [3.05, 3.63) is 29.6 Å². The second-order valence-corrected chi connectivity index (χ2v) is 6.66. The molecular weight excluding hydrogens is 253 g/mol. The van der Waals surface area contributed by atoms with E-state index in [9.17, 15) is 9.50 Å². The SMILES string of the molecule is Cc1cc(F)cc(NC2(CO)CCC(C(C)C)CC2)c1. The molecule has 0 amide bonds. The molecule has 0 aliphatic heterocycles. The van der Waals surface area contributed by atoms with E-state index in [4.69, 9.17) is 0 Å². The summed E-state index contributed by atoms with van der Waals surface area (Å²) in [6, 6.07) is 4.97. The lowest BCUT2D eigenvalue weighted by atomic mass is 9.73. The fourth-order valence-corrected chi connectivity index (χ4v) is 3.30. The van der Waals surface area contributed by atoms with Gasteiger partial charge in [0.15, 0.2) is 0 Å². The van der Waals surface area contributed by atoms with Crippen LogP contribution in [0.15, 0.2) is 18.2 Å². The molecule has 0 bridgehead atoms. The smallest absolute Gasteiger partial charge is 0.125 e. The van der Waals surface area contributed by atoms with Crippen LogP contribution < -0.4 is 5.32 Å². The fraction of sp³-hybridized carbons (Fsp3) is 0.647. The molecule has 0 aromatic heterocycles. The number of rotatable bonds is 4. The molecule has 0 spiro atoms. The zero-order valence-corrected chi connectivity index (χ0v) is 12.7. The van der Waals surface area contributed by atoms with Crippen LogP contribution in [0.4, 0.5) is 10.1 Å². The van der Waals surface area contributed by atoms with E-state index in [2.05, 4.69) is 19.2 Å². The first kappa shape index (κ1) is 15.3. The molecule has 1 fully saturated rings. The predicted molar refractivity (Wildman–Crippen MR) is 81.4 cm³/mol. The Bertz CT molecular complexity index is 430. The van der Waals surface area contributed by atoms with Crippen LogP contribution in [0.2, 0.25) is 0 Å². The molecule has 1 aliphatic carbocycles. The average Bonchev–Trinajstić information content (AvgIpc) is 2.38. The number of nitrogens with one attached hydrogen (secondary N) is 1. The van der Waals surface area contributed by atoms with Crippen LogP contribution in [-0.4, -0.2) is 17.3 Å². The fourth-order valence-electron chi connectivity index (χ4n) is 3.30. The maximum Gasteiger partial charge on any atom is 0.125 e. The number of hydrogen-bond acceptors (Lipinski definition) is 2. The van der Waals surface area contributed by atoms with E-state index in [1.807, 2.05) is 13.0 Å². The summed E-state index contributed by atoms with van der Waals surface area (Å²) in [5, 5.41) is 13.2. The maximum atomic E-state index is 13.5. The van der Waals surface area contributed by atoms with Crippen LogP contribution in [0.5, 0.6) is 0 Å². The lowest BCUT2D eigenvalue weighted by Gasteiger charge is -2.41. The summed E-state index contributed by atoms with van der Waals surface area (Å²) in [5.74, 6) is 1.21. The van der Waals surface area contributed by atoms with Gasteiger partial charge in [0.2, 0.25) is 0 Å². The van der Waals surface area contributed by atoms with Crippen LogP contribution in [0.3, 0.4) is 0 Å². The Morgan fingerprint density at radius 3 is 2.45 bits per heavy atom. The molecule has 0 saturated heterocycles. The summed E-state index contributed by atoms with van der Waals surface area (Å²) >= 11 is 0. The highest BCUT2D eigenvalue weighted by Gasteiger charge is 2.35. The normalized spacial score (nSPS) is 26.8. The van der Waals surface area contributed by atoms with Crippen molar-refractivity contribution in [1.29, 1.82) is 0 Å². The first-order chi connectivity index (χ1) is 9.44. The number of halogens is 1. The van der Waals surface area contributed by atoms with Crippen molar-refractivity contribution in [2.75, 3.05) is 11.9 Å². The van der Waals surface area contributed by atoms with Gasteiger partial charge in [-0.15, -0.1) is 0 Å². The zero-order valence-electron chi connectivity index (χ0n) is 12.7. The molecule has 1 aromatic rings. The van der Waals surface area contributed by atoms with Gasteiger partial charge in [-0.25, -0.2) is 4.39 Å². The monoisotopic (exact) mass is 279 g/mol. The molecule has 2 nitrogen and oxygen atoms in total. The van der Waals surface area contributed by atoms with Crippen molar-refractivity contribution in [2.45, 2.75) is 52.0 Å². The van der Waals surface area contributed by atoms with Crippen molar-refractivity contribution in [2.24, 2.45) is 11.8 Å².